The number of rotatable bonds is 8. The van der Waals surface area contributed by atoms with Crippen molar-refractivity contribution in [1.82, 2.24) is 10.2 Å². The molecule has 1 aromatic rings. The third-order valence-corrected chi connectivity index (χ3v) is 5.78. The van der Waals surface area contributed by atoms with Crippen LogP contribution in [0.25, 0.3) is 0 Å². The summed E-state index contributed by atoms with van der Waals surface area (Å²) >= 11 is 0. The highest BCUT2D eigenvalue weighted by Crippen LogP contribution is 2.32. The average molecular weight is 409 g/mol. The van der Waals surface area contributed by atoms with Crippen molar-refractivity contribution in [2.75, 3.05) is 17.6 Å². The van der Waals surface area contributed by atoms with Crippen LogP contribution in [0.5, 0.6) is 0 Å². The van der Waals surface area contributed by atoms with Crippen LogP contribution in [-0.4, -0.2) is 53.9 Å². The van der Waals surface area contributed by atoms with Crippen LogP contribution in [0.2, 0.25) is 0 Å². The molecular formula is C18H23N3O6S. The first-order chi connectivity index (χ1) is 13.3. The first-order valence-corrected chi connectivity index (χ1v) is 10.8. The number of nitrogens with one attached hydrogen (secondary N) is 2. The number of imide groups is 1. The van der Waals surface area contributed by atoms with Gasteiger partial charge in [0.25, 0.3) is 16.0 Å². The van der Waals surface area contributed by atoms with E-state index in [1.54, 1.807) is 12.1 Å². The first-order valence-electron chi connectivity index (χ1n) is 9.22. The van der Waals surface area contributed by atoms with E-state index in [-0.39, 0.29) is 24.0 Å². The molecule has 0 aliphatic carbocycles. The molecule has 1 aromatic carbocycles. The van der Waals surface area contributed by atoms with Crippen molar-refractivity contribution < 1.29 is 27.4 Å². The number of anilines is 1. The number of fused-ring (bicyclic) bond motifs is 1. The van der Waals surface area contributed by atoms with Gasteiger partial charge in [-0.05, 0) is 31.4 Å². The van der Waals surface area contributed by atoms with E-state index >= 15 is 0 Å². The fourth-order valence-corrected chi connectivity index (χ4v) is 4.13. The highest BCUT2D eigenvalue weighted by molar-refractivity contribution is 7.85. The summed E-state index contributed by atoms with van der Waals surface area (Å²) in [6.07, 6.45) is 2.27. The molecule has 0 bridgehead atoms. The van der Waals surface area contributed by atoms with Crippen molar-refractivity contribution in [3.63, 3.8) is 0 Å². The van der Waals surface area contributed by atoms with Gasteiger partial charge in [-0.25, -0.2) is 0 Å². The molecule has 2 aliphatic heterocycles. The van der Waals surface area contributed by atoms with E-state index < -0.39 is 22.1 Å². The molecule has 1 unspecified atom stereocenters. The number of carbonyl (C=O) groups excluding carboxylic acids is 3. The molecule has 2 heterocycles. The Labute approximate surface area is 163 Å². The zero-order valence-corrected chi connectivity index (χ0v) is 16.1. The number of hydrogen-bond donors (Lipinski definition) is 3. The number of hydrogen-bond acceptors (Lipinski definition) is 6. The molecule has 152 valence electrons. The van der Waals surface area contributed by atoms with Crippen molar-refractivity contribution in [3.8, 4) is 0 Å². The van der Waals surface area contributed by atoms with E-state index in [4.69, 9.17) is 4.55 Å². The minimum absolute atomic E-state index is 0.213. The van der Waals surface area contributed by atoms with Gasteiger partial charge in [-0.1, -0.05) is 12.5 Å². The fraction of sp³-hybridized carbons (Fsp3) is 0.500. The quantitative estimate of drug-likeness (QED) is 0.330. The van der Waals surface area contributed by atoms with Gasteiger partial charge in [0.2, 0.25) is 11.8 Å². The van der Waals surface area contributed by atoms with Gasteiger partial charge in [0.1, 0.15) is 6.04 Å². The van der Waals surface area contributed by atoms with Crippen molar-refractivity contribution in [2.24, 2.45) is 0 Å². The van der Waals surface area contributed by atoms with Gasteiger partial charge in [-0.15, -0.1) is 0 Å². The summed E-state index contributed by atoms with van der Waals surface area (Å²) in [6, 6.07) is 4.70. The van der Waals surface area contributed by atoms with Crippen LogP contribution in [0, 0.1) is 0 Å². The molecule has 9 nitrogen and oxygen atoms in total. The Morgan fingerprint density at radius 3 is 2.68 bits per heavy atom. The summed E-state index contributed by atoms with van der Waals surface area (Å²) in [7, 11) is -3.92. The first kappa shape index (κ1) is 20.3. The lowest BCUT2D eigenvalue weighted by molar-refractivity contribution is -0.136. The summed E-state index contributed by atoms with van der Waals surface area (Å²) in [5, 5.41) is 5.54. The zero-order valence-electron chi connectivity index (χ0n) is 15.3. The molecule has 1 saturated heterocycles. The summed E-state index contributed by atoms with van der Waals surface area (Å²) < 4.78 is 30.1. The maximum atomic E-state index is 12.7. The van der Waals surface area contributed by atoms with Gasteiger partial charge in [0, 0.05) is 36.3 Å². The van der Waals surface area contributed by atoms with Crippen LogP contribution in [-0.2, 0) is 26.3 Å². The molecule has 3 N–H and O–H groups in total. The Morgan fingerprint density at radius 2 is 1.96 bits per heavy atom. The molecule has 0 radical (unpaired) electrons. The second-order valence-corrected chi connectivity index (χ2v) is 8.58. The molecule has 3 amide bonds. The summed E-state index contributed by atoms with van der Waals surface area (Å²) in [6.45, 7) is 0.890. The number of unbranched alkanes of at least 4 members (excludes halogenated alkanes) is 2. The van der Waals surface area contributed by atoms with E-state index in [1.807, 2.05) is 6.07 Å². The number of amides is 3. The number of benzene rings is 1. The van der Waals surface area contributed by atoms with Crippen LogP contribution in [0.3, 0.4) is 0 Å². The number of nitrogens with zero attached hydrogens (tertiary/aromatic N) is 1. The second-order valence-electron chi connectivity index (χ2n) is 7.01. The Bertz CT molecular complexity index is 899. The Balaban J connectivity index is 1.59. The van der Waals surface area contributed by atoms with Crippen LogP contribution in [0.4, 0.5) is 5.69 Å². The largest absolute Gasteiger partial charge is 0.385 e. The van der Waals surface area contributed by atoms with Crippen molar-refractivity contribution in [3.05, 3.63) is 29.3 Å². The predicted octanol–water partition coefficient (Wildman–Crippen LogP) is 0.918. The highest BCUT2D eigenvalue weighted by Gasteiger charge is 2.39. The van der Waals surface area contributed by atoms with E-state index in [1.165, 1.54) is 4.90 Å². The van der Waals surface area contributed by atoms with Gasteiger partial charge in [0.05, 0.1) is 5.75 Å². The minimum atomic E-state index is -3.92. The molecular weight excluding hydrogens is 386 g/mol. The molecule has 0 saturated carbocycles. The van der Waals surface area contributed by atoms with Crippen LogP contribution in [0.1, 0.15) is 48.0 Å². The lowest BCUT2D eigenvalue weighted by Crippen LogP contribution is -2.52. The van der Waals surface area contributed by atoms with Crippen LogP contribution < -0.4 is 10.6 Å². The number of carbonyl (C=O) groups is 3. The third-order valence-electron chi connectivity index (χ3n) is 4.98. The Kier molecular flexibility index (Phi) is 5.99. The van der Waals surface area contributed by atoms with E-state index in [2.05, 4.69) is 10.6 Å². The Morgan fingerprint density at radius 1 is 1.18 bits per heavy atom. The maximum absolute atomic E-state index is 12.7. The monoisotopic (exact) mass is 409 g/mol. The van der Waals surface area contributed by atoms with E-state index in [0.717, 1.165) is 11.3 Å². The highest BCUT2D eigenvalue weighted by atomic mass is 32.2. The third kappa shape index (κ3) is 4.68. The second kappa shape index (κ2) is 8.27. The Hall–Kier alpha value is -2.46. The van der Waals surface area contributed by atoms with Gasteiger partial charge < -0.3 is 10.2 Å². The smallest absolute Gasteiger partial charge is 0.264 e. The van der Waals surface area contributed by atoms with Crippen molar-refractivity contribution >= 4 is 33.5 Å². The normalized spacial score (nSPS) is 19.5. The van der Waals surface area contributed by atoms with Gasteiger partial charge >= 0.3 is 0 Å². The van der Waals surface area contributed by atoms with Gasteiger partial charge in [0.15, 0.2) is 0 Å². The van der Waals surface area contributed by atoms with Crippen LogP contribution >= 0.6 is 0 Å². The van der Waals surface area contributed by atoms with Gasteiger partial charge in [-0.2, -0.15) is 8.42 Å². The van der Waals surface area contributed by atoms with Crippen molar-refractivity contribution in [1.29, 1.82) is 0 Å². The fourth-order valence-electron chi connectivity index (χ4n) is 3.56. The molecule has 10 heteroatoms. The SMILES string of the molecule is O=C1CCC(N2Cc3c(NCCCCCS(=O)(=O)O)cccc3C2=O)C(=O)N1. The molecule has 2 aliphatic rings. The van der Waals surface area contributed by atoms with Gasteiger partial charge in [-0.3, -0.25) is 24.3 Å². The lowest BCUT2D eigenvalue weighted by atomic mass is 10.0. The molecule has 3 rings (SSSR count). The van der Waals surface area contributed by atoms with Crippen LogP contribution in [0.15, 0.2) is 18.2 Å². The predicted molar refractivity (Wildman–Crippen MR) is 101 cm³/mol. The number of piperidine rings is 1. The molecule has 1 fully saturated rings. The lowest BCUT2D eigenvalue weighted by Gasteiger charge is -2.29. The standard InChI is InChI=1S/C18H23N3O6S/c22-16-8-7-15(17(23)20-16)21-11-13-12(18(21)24)5-4-6-14(13)19-9-2-1-3-10-28(25,26)27/h4-6,15,19H,1-3,7-11H2,(H,20,22,23)(H,25,26,27). The average Bonchev–Trinajstić information content (AvgIpc) is 2.95. The summed E-state index contributed by atoms with van der Waals surface area (Å²) in [5.41, 5.74) is 2.16. The maximum Gasteiger partial charge on any atom is 0.264 e. The molecule has 0 spiro atoms. The minimum Gasteiger partial charge on any atom is -0.385 e. The summed E-state index contributed by atoms with van der Waals surface area (Å²) in [4.78, 5) is 37.7. The molecule has 28 heavy (non-hydrogen) atoms. The topological polar surface area (TPSA) is 133 Å². The van der Waals surface area contributed by atoms with E-state index in [0.29, 0.717) is 44.3 Å². The van der Waals surface area contributed by atoms with E-state index in [9.17, 15) is 22.8 Å². The zero-order chi connectivity index (χ0) is 20.3. The van der Waals surface area contributed by atoms with Crippen molar-refractivity contribution in [2.45, 2.75) is 44.7 Å². The molecule has 0 aromatic heterocycles. The molecule has 1 atom stereocenters. The summed E-state index contributed by atoms with van der Waals surface area (Å²) in [5.74, 6) is -1.22.